The minimum absolute atomic E-state index is 0.236. The molecule has 0 aromatic heterocycles. The fourth-order valence-corrected chi connectivity index (χ4v) is 2.59. The molecule has 3 heteroatoms. The summed E-state index contributed by atoms with van der Waals surface area (Å²) in [5.74, 6) is 0.575. The van der Waals surface area contributed by atoms with Crippen molar-refractivity contribution >= 4 is 5.91 Å². The summed E-state index contributed by atoms with van der Waals surface area (Å²) in [5, 5.41) is 3.39. The van der Waals surface area contributed by atoms with Crippen molar-refractivity contribution in [3.63, 3.8) is 0 Å². The van der Waals surface area contributed by atoms with Crippen LogP contribution in [0.15, 0.2) is 12.7 Å². The lowest BCUT2D eigenvalue weighted by Crippen LogP contribution is -2.43. The number of rotatable bonds is 7. The van der Waals surface area contributed by atoms with Crippen molar-refractivity contribution in [2.45, 2.75) is 51.5 Å². The Morgan fingerprint density at radius 1 is 1.44 bits per heavy atom. The molecule has 0 unspecified atom stereocenters. The molecule has 0 aromatic rings. The molecule has 1 heterocycles. The van der Waals surface area contributed by atoms with Gasteiger partial charge in [0.25, 0.3) is 0 Å². The van der Waals surface area contributed by atoms with E-state index in [9.17, 15) is 4.79 Å². The number of allylic oxidation sites excluding steroid dienone is 1. The van der Waals surface area contributed by atoms with Gasteiger partial charge in [-0.25, -0.2) is 0 Å². The molecule has 0 radical (unpaired) electrons. The van der Waals surface area contributed by atoms with E-state index in [1.54, 1.807) is 0 Å². The molecule has 1 saturated heterocycles. The van der Waals surface area contributed by atoms with Crippen LogP contribution in [0.1, 0.15) is 45.4 Å². The van der Waals surface area contributed by atoms with Gasteiger partial charge in [-0.05, 0) is 45.6 Å². The van der Waals surface area contributed by atoms with Gasteiger partial charge in [-0.2, -0.15) is 0 Å². The van der Waals surface area contributed by atoms with Gasteiger partial charge >= 0.3 is 0 Å². The van der Waals surface area contributed by atoms with Crippen molar-refractivity contribution in [3.8, 4) is 0 Å². The first-order valence-electron chi connectivity index (χ1n) is 7.24. The van der Waals surface area contributed by atoms with E-state index < -0.39 is 0 Å². The van der Waals surface area contributed by atoms with E-state index in [2.05, 4.69) is 18.8 Å². The molecule has 0 aromatic carbocycles. The number of nitrogens with one attached hydrogen (secondary N) is 1. The summed E-state index contributed by atoms with van der Waals surface area (Å²) in [6, 6.07) is 0.480. The minimum Gasteiger partial charge on any atom is -0.346 e. The van der Waals surface area contributed by atoms with Crippen molar-refractivity contribution in [2.24, 2.45) is 5.92 Å². The number of amides is 1. The fourth-order valence-electron chi connectivity index (χ4n) is 2.59. The number of hydrogen-bond acceptors (Lipinski definition) is 2. The Kier molecular flexibility index (Phi) is 7.02. The van der Waals surface area contributed by atoms with Crippen LogP contribution < -0.4 is 5.32 Å². The molecule has 0 aliphatic carbocycles. The first-order chi connectivity index (χ1) is 8.65. The number of carbonyl (C=O) groups is 1. The lowest BCUT2D eigenvalue weighted by molar-refractivity contribution is -0.135. The Morgan fingerprint density at radius 3 is 2.89 bits per heavy atom. The molecule has 1 aliphatic rings. The van der Waals surface area contributed by atoms with Crippen molar-refractivity contribution in [2.75, 3.05) is 20.1 Å². The van der Waals surface area contributed by atoms with E-state index in [0.29, 0.717) is 11.9 Å². The quantitative estimate of drug-likeness (QED) is 0.558. The second-order valence-corrected chi connectivity index (χ2v) is 5.47. The third-order valence-electron chi connectivity index (χ3n) is 3.75. The summed E-state index contributed by atoms with van der Waals surface area (Å²) < 4.78 is 0. The molecule has 1 rings (SSSR count). The van der Waals surface area contributed by atoms with Crippen LogP contribution >= 0.6 is 0 Å². The third kappa shape index (κ3) is 5.21. The van der Waals surface area contributed by atoms with E-state index in [-0.39, 0.29) is 5.92 Å². The van der Waals surface area contributed by atoms with Crippen LogP contribution in [0, 0.1) is 5.92 Å². The topological polar surface area (TPSA) is 32.3 Å². The Hall–Kier alpha value is -0.830. The van der Waals surface area contributed by atoms with Crippen LogP contribution in [0.4, 0.5) is 0 Å². The van der Waals surface area contributed by atoms with Gasteiger partial charge in [0.15, 0.2) is 0 Å². The normalized spacial score (nSPS) is 23.7. The maximum atomic E-state index is 12.2. The van der Waals surface area contributed by atoms with Gasteiger partial charge in [-0.1, -0.05) is 12.5 Å². The highest BCUT2D eigenvalue weighted by atomic mass is 16.2. The fraction of sp³-hybridized carbons (Fsp3) is 0.800. The molecule has 0 bridgehead atoms. The largest absolute Gasteiger partial charge is 0.346 e. The van der Waals surface area contributed by atoms with E-state index in [4.69, 9.17) is 0 Å². The van der Waals surface area contributed by atoms with E-state index in [1.165, 1.54) is 12.8 Å². The zero-order valence-corrected chi connectivity index (χ0v) is 12.0. The average molecular weight is 252 g/mol. The molecule has 1 N–H and O–H groups in total. The van der Waals surface area contributed by atoms with Crippen LogP contribution in [0.5, 0.6) is 0 Å². The van der Waals surface area contributed by atoms with Gasteiger partial charge in [-0.15, -0.1) is 6.58 Å². The highest BCUT2D eigenvalue weighted by Crippen LogP contribution is 2.18. The highest BCUT2D eigenvalue weighted by molar-refractivity contribution is 5.78. The molecule has 1 amide bonds. The van der Waals surface area contributed by atoms with E-state index in [0.717, 1.165) is 38.8 Å². The lowest BCUT2D eigenvalue weighted by Gasteiger charge is -2.30. The lowest BCUT2D eigenvalue weighted by atomic mass is 9.92. The highest BCUT2D eigenvalue weighted by Gasteiger charge is 2.26. The number of hydrogen-bond donors (Lipinski definition) is 1. The number of carbonyl (C=O) groups excluding carboxylic acids is 1. The first-order valence-corrected chi connectivity index (χ1v) is 7.24. The second-order valence-electron chi connectivity index (χ2n) is 5.47. The summed E-state index contributed by atoms with van der Waals surface area (Å²) in [6.07, 6.45) is 8.51. The zero-order chi connectivity index (χ0) is 13.4. The predicted octanol–water partition coefficient (Wildman–Crippen LogP) is 2.58. The van der Waals surface area contributed by atoms with Crippen LogP contribution in [0.2, 0.25) is 0 Å². The maximum Gasteiger partial charge on any atom is 0.225 e. The van der Waals surface area contributed by atoms with Crippen molar-refractivity contribution < 1.29 is 4.79 Å². The van der Waals surface area contributed by atoms with Crippen LogP contribution in [-0.2, 0) is 4.79 Å². The average Bonchev–Trinajstić information content (AvgIpc) is 2.37. The standard InChI is InChI=1S/C15H28N2O/c1-4-5-6-7-8-11-17(3)15(18)14-9-10-16-13(2)12-14/h4,13-14,16H,1,5-12H2,2-3H3/t13-,14-/m0/s1. The molecule has 104 valence electrons. The molecule has 18 heavy (non-hydrogen) atoms. The third-order valence-corrected chi connectivity index (χ3v) is 3.75. The van der Waals surface area contributed by atoms with E-state index in [1.807, 2.05) is 18.0 Å². The SMILES string of the molecule is C=CCCCCCN(C)C(=O)[C@H]1CCN[C@@H](C)C1. The van der Waals surface area contributed by atoms with Gasteiger partial charge < -0.3 is 10.2 Å². The Bertz CT molecular complexity index is 265. The summed E-state index contributed by atoms with van der Waals surface area (Å²) in [5.41, 5.74) is 0. The first kappa shape index (κ1) is 15.2. The minimum atomic E-state index is 0.236. The van der Waals surface area contributed by atoms with Gasteiger partial charge in [0.1, 0.15) is 0 Å². The molecule has 1 aliphatic heterocycles. The van der Waals surface area contributed by atoms with Crippen LogP contribution in [0.25, 0.3) is 0 Å². The van der Waals surface area contributed by atoms with Crippen molar-refractivity contribution in [3.05, 3.63) is 12.7 Å². The monoisotopic (exact) mass is 252 g/mol. The van der Waals surface area contributed by atoms with Gasteiger partial charge in [0, 0.05) is 25.6 Å². The summed E-state index contributed by atoms with van der Waals surface area (Å²) >= 11 is 0. The number of nitrogens with zero attached hydrogens (tertiary/aromatic N) is 1. The van der Waals surface area contributed by atoms with Crippen LogP contribution in [0.3, 0.4) is 0 Å². The molecule has 0 saturated carbocycles. The Morgan fingerprint density at radius 2 is 2.22 bits per heavy atom. The summed E-state index contributed by atoms with van der Waals surface area (Å²) in [6.45, 7) is 7.75. The zero-order valence-electron chi connectivity index (χ0n) is 12.0. The molecule has 1 fully saturated rings. The van der Waals surface area contributed by atoms with Crippen LogP contribution in [-0.4, -0.2) is 37.0 Å². The Labute approximate surface area is 112 Å². The summed E-state index contributed by atoms with van der Waals surface area (Å²) in [4.78, 5) is 14.2. The molecule has 3 nitrogen and oxygen atoms in total. The maximum absolute atomic E-state index is 12.2. The predicted molar refractivity (Wildman–Crippen MR) is 76.5 cm³/mol. The summed E-state index contributed by atoms with van der Waals surface area (Å²) in [7, 11) is 1.95. The second kappa shape index (κ2) is 8.30. The smallest absolute Gasteiger partial charge is 0.225 e. The number of unbranched alkanes of at least 4 members (excludes halogenated alkanes) is 3. The molecular weight excluding hydrogens is 224 g/mol. The molecular formula is C15H28N2O. The van der Waals surface area contributed by atoms with Gasteiger partial charge in [0.2, 0.25) is 5.91 Å². The Balaban J connectivity index is 2.21. The van der Waals surface area contributed by atoms with Gasteiger partial charge in [-0.3, -0.25) is 4.79 Å². The van der Waals surface area contributed by atoms with Gasteiger partial charge in [0.05, 0.1) is 0 Å². The van der Waals surface area contributed by atoms with E-state index >= 15 is 0 Å². The van der Waals surface area contributed by atoms with Crippen molar-refractivity contribution in [1.82, 2.24) is 10.2 Å². The molecule has 0 spiro atoms. The van der Waals surface area contributed by atoms with Crippen molar-refractivity contribution in [1.29, 1.82) is 0 Å². The molecule has 2 atom stereocenters. The number of piperidine rings is 1.